The molecule has 2 nitrogen and oxygen atoms in total. The molecule has 0 spiro atoms. The maximum Gasteiger partial charge on any atom is 0.107 e. The lowest BCUT2D eigenvalue weighted by molar-refractivity contribution is 0.187. The molecule has 0 bridgehead atoms. The van der Waals surface area contributed by atoms with E-state index in [-0.39, 0.29) is 6.42 Å². The van der Waals surface area contributed by atoms with Crippen LogP contribution in [-0.2, 0) is 0 Å². The fourth-order valence-corrected chi connectivity index (χ4v) is 2.44. The van der Waals surface area contributed by atoms with Crippen LogP contribution in [0.4, 0.5) is 0 Å². The second-order valence-electron chi connectivity index (χ2n) is 2.15. The quantitative estimate of drug-likeness (QED) is 0.894. The van der Waals surface area contributed by atoms with Gasteiger partial charge in [-0.05, 0) is 22.0 Å². The molecule has 64 valence electrons. The number of halogens is 2. The molecule has 0 aliphatic carbocycles. The van der Waals surface area contributed by atoms with Crippen LogP contribution in [0.1, 0.15) is 17.4 Å². The highest BCUT2D eigenvalue weighted by atomic mass is 79.9. The Morgan fingerprint density at radius 2 is 2.50 bits per heavy atom. The van der Waals surface area contributed by atoms with Gasteiger partial charge in [0.05, 0.1) is 12.5 Å². The van der Waals surface area contributed by atoms with E-state index in [0.717, 1.165) is 4.47 Å². The molecule has 1 aromatic heterocycles. The Morgan fingerprint density at radius 1 is 1.83 bits per heavy atom. The molecule has 0 aliphatic heterocycles. The molecule has 1 N–H and O–H groups in total. The van der Waals surface area contributed by atoms with Gasteiger partial charge < -0.3 is 5.11 Å². The molecule has 0 aromatic carbocycles. The Bertz CT molecular complexity index is 300. The van der Waals surface area contributed by atoms with Crippen molar-refractivity contribution in [1.82, 2.24) is 0 Å². The van der Waals surface area contributed by atoms with Gasteiger partial charge in [-0.1, -0.05) is 11.6 Å². The van der Waals surface area contributed by atoms with Gasteiger partial charge in [-0.3, -0.25) is 0 Å². The first-order chi connectivity index (χ1) is 5.65. The van der Waals surface area contributed by atoms with Crippen LogP contribution in [0.25, 0.3) is 0 Å². The van der Waals surface area contributed by atoms with Crippen LogP contribution >= 0.6 is 38.9 Å². The third-order valence-corrected chi connectivity index (χ3v) is 3.85. The first kappa shape index (κ1) is 10.0. The van der Waals surface area contributed by atoms with E-state index in [9.17, 15) is 5.11 Å². The van der Waals surface area contributed by atoms with Gasteiger partial charge in [0, 0.05) is 9.35 Å². The van der Waals surface area contributed by atoms with Crippen molar-refractivity contribution in [3.63, 3.8) is 0 Å². The van der Waals surface area contributed by atoms with Gasteiger partial charge in [-0.15, -0.1) is 11.3 Å². The van der Waals surface area contributed by atoms with Crippen molar-refractivity contribution in [3.05, 3.63) is 19.8 Å². The Kier molecular flexibility index (Phi) is 3.53. The summed E-state index contributed by atoms with van der Waals surface area (Å²) in [5.41, 5.74) is 0. The molecule has 0 saturated carbocycles. The number of hydrogen-bond acceptors (Lipinski definition) is 3. The van der Waals surface area contributed by atoms with Gasteiger partial charge in [0.25, 0.3) is 0 Å². The van der Waals surface area contributed by atoms with Gasteiger partial charge in [-0.2, -0.15) is 5.26 Å². The molecule has 5 heteroatoms. The molecule has 1 heterocycles. The molecule has 1 rings (SSSR count). The second kappa shape index (κ2) is 4.24. The van der Waals surface area contributed by atoms with Gasteiger partial charge in [0.1, 0.15) is 10.4 Å². The Morgan fingerprint density at radius 3 is 2.92 bits per heavy atom. The number of hydrogen-bond donors (Lipinski definition) is 1. The minimum atomic E-state index is -0.719. The molecule has 1 unspecified atom stereocenters. The molecule has 1 atom stereocenters. The summed E-state index contributed by atoms with van der Waals surface area (Å²) in [7, 11) is 0. The first-order valence-corrected chi connectivity index (χ1v) is 5.13. The van der Waals surface area contributed by atoms with E-state index in [1.165, 1.54) is 11.3 Å². The van der Waals surface area contributed by atoms with Crippen LogP contribution in [-0.4, -0.2) is 5.11 Å². The number of thiophene rings is 1. The average Bonchev–Trinajstić information content (AvgIpc) is 2.33. The number of aliphatic hydroxyl groups is 1. The van der Waals surface area contributed by atoms with Crippen LogP contribution in [0.5, 0.6) is 0 Å². The van der Waals surface area contributed by atoms with Crippen LogP contribution in [0.15, 0.2) is 10.5 Å². The summed E-state index contributed by atoms with van der Waals surface area (Å²) in [6, 6.07) is 3.62. The van der Waals surface area contributed by atoms with E-state index >= 15 is 0 Å². The largest absolute Gasteiger partial charge is 0.386 e. The van der Waals surface area contributed by atoms with E-state index < -0.39 is 6.10 Å². The maximum atomic E-state index is 9.37. The lowest BCUT2D eigenvalue weighted by Crippen LogP contribution is -1.90. The van der Waals surface area contributed by atoms with Crippen molar-refractivity contribution >= 4 is 38.9 Å². The van der Waals surface area contributed by atoms with Crippen molar-refractivity contribution in [2.24, 2.45) is 0 Å². The highest BCUT2D eigenvalue weighted by Gasteiger charge is 2.12. The third kappa shape index (κ3) is 2.20. The Hall–Kier alpha value is -0.0800. The normalized spacial score (nSPS) is 12.5. The fourth-order valence-electron chi connectivity index (χ4n) is 0.715. The van der Waals surface area contributed by atoms with Gasteiger partial charge in [0.15, 0.2) is 0 Å². The van der Waals surface area contributed by atoms with Crippen LogP contribution in [0.2, 0.25) is 4.34 Å². The summed E-state index contributed by atoms with van der Waals surface area (Å²) >= 11 is 10.3. The molecule has 0 radical (unpaired) electrons. The summed E-state index contributed by atoms with van der Waals surface area (Å²) in [5, 5.41) is 17.7. The molecule has 0 saturated heterocycles. The molecular weight excluding hydrogens is 262 g/mol. The highest BCUT2D eigenvalue weighted by molar-refractivity contribution is 9.10. The Labute approximate surface area is 87.5 Å². The summed E-state index contributed by atoms with van der Waals surface area (Å²) in [5.74, 6) is 0. The van der Waals surface area contributed by atoms with Crippen molar-refractivity contribution in [2.75, 3.05) is 0 Å². The lowest BCUT2D eigenvalue weighted by atomic mass is 10.2. The average molecular weight is 267 g/mol. The molecule has 0 amide bonds. The highest BCUT2D eigenvalue weighted by Crippen LogP contribution is 2.35. The van der Waals surface area contributed by atoms with Crippen LogP contribution < -0.4 is 0 Å². The summed E-state index contributed by atoms with van der Waals surface area (Å²) in [6.07, 6.45) is -0.618. The van der Waals surface area contributed by atoms with Crippen LogP contribution in [0, 0.1) is 11.3 Å². The molecule has 12 heavy (non-hydrogen) atoms. The second-order valence-corrected chi connectivity index (χ2v) is 4.69. The molecule has 0 aliphatic rings. The van der Waals surface area contributed by atoms with Crippen LogP contribution in [0.3, 0.4) is 0 Å². The molecule has 1 aromatic rings. The number of aliphatic hydroxyl groups excluding tert-OH is 1. The predicted molar refractivity (Wildman–Crippen MR) is 52.2 cm³/mol. The SMILES string of the molecule is N#CCC(O)c1cc(Br)c(Cl)s1. The topological polar surface area (TPSA) is 44.0 Å². The van der Waals surface area contributed by atoms with E-state index in [1.807, 2.05) is 6.07 Å². The molecular formula is C7H5BrClNOS. The minimum Gasteiger partial charge on any atom is -0.386 e. The van der Waals surface area contributed by atoms with Crippen molar-refractivity contribution < 1.29 is 5.11 Å². The number of nitriles is 1. The zero-order chi connectivity index (χ0) is 9.14. The Balaban J connectivity index is 2.83. The van der Waals surface area contributed by atoms with E-state index in [1.54, 1.807) is 6.07 Å². The lowest BCUT2D eigenvalue weighted by Gasteiger charge is -1.99. The van der Waals surface area contributed by atoms with E-state index in [2.05, 4.69) is 15.9 Å². The molecule has 0 fully saturated rings. The summed E-state index contributed by atoms with van der Waals surface area (Å²) in [6.45, 7) is 0. The summed E-state index contributed by atoms with van der Waals surface area (Å²) < 4.78 is 1.36. The first-order valence-electron chi connectivity index (χ1n) is 3.15. The van der Waals surface area contributed by atoms with Gasteiger partial charge in [0.2, 0.25) is 0 Å². The fraction of sp³-hybridized carbons (Fsp3) is 0.286. The number of rotatable bonds is 2. The van der Waals surface area contributed by atoms with E-state index in [4.69, 9.17) is 16.9 Å². The maximum absolute atomic E-state index is 9.37. The standard InChI is InChI=1S/C7H5BrClNOS/c8-4-3-6(12-7(4)9)5(11)1-2-10/h3,5,11H,1H2. The van der Waals surface area contributed by atoms with E-state index in [0.29, 0.717) is 9.21 Å². The minimum absolute atomic E-state index is 0.100. The van der Waals surface area contributed by atoms with Crippen molar-refractivity contribution in [3.8, 4) is 6.07 Å². The number of nitrogens with zero attached hydrogens (tertiary/aromatic N) is 1. The zero-order valence-electron chi connectivity index (χ0n) is 5.92. The van der Waals surface area contributed by atoms with Crippen molar-refractivity contribution in [1.29, 1.82) is 5.26 Å². The van der Waals surface area contributed by atoms with Crippen molar-refractivity contribution in [2.45, 2.75) is 12.5 Å². The third-order valence-electron chi connectivity index (χ3n) is 1.28. The van der Waals surface area contributed by atoms with Gasteiger partial charge >= 0.3 is 0 Å². The summed E-state index contributed by atoms with van der Waals surface area (Å²) in [4.78, 5) is 0.716. The van der Waals surface area contributed by atoms with Gasteiger partial charge in [-0.25, -0.2) is 0 Å². The zero-order valence-corrected chi connectivity index (χ0v) is 9.08. The predicted octanol–water partition coefficient (Wildman–Crippen LogP) is 3.11. The smallest absolute Gasteiger partial charge is 0.107 e. The monoisotopic (exact) mass is 265 g/mol.